The van der Waals surface area contributed by atoms with Crippen molar-refractivity contribution in [1.82, 2.24) is 4.98 Å². The number of halogens is 1. The van der Waals surface area contributed by atoms with E-state index in [-0.39, 0.29) is 0 Å². The molecule has 0 bridgehead atoms. The molecule has 1 N–H and O–H groups in total. The number of H-pyrrole nitrogens is 1. The molecule has 0 fully saturated rings. The zero-order valence-electron chi connectivity index (χ0n) is 13.9. The number of aryl methyl sites for hydroxylation is 1. The van der Waals surface area contributed by atoms with Gasteiger partial charge in [-0.05, 0) is 55.2 Å². The highest BCUT2D eigenvalue weighted by Crippen LogP contribution is 2.36. The average molecular weight is 362 g/mol. The summed E-state index contributed by atoms with van der Waals surface area (Å²) in [4.78, 5) is 3.65. The summed E-state index contributed by atoms with van der Waals surface area (Å²) in [5, 5.41) is 1.45. The molecule has 2 aromatic rings. The topological polar surface area (TPSA) is 15.8 Å². The van der Waals surface area contributed by atoms with Crippen LogP contribution in [0.25, 0.3) is 10.9 Å². The van der Waals surface area contributed by atoms with E-state index in [2.05, 4.69) is 53.0 Å². The van der Waals surface area contributed by atoms with Crippen LogP contribution >= 0.6 is 15.9 Å². The molecule has 2 atom stereocenters. The van der Waals surface area contributed by atoms with E-state index in [9.17, 15) is 0 Å². The zero-order valence-corrected chi connectivity index (χ0v) is 15.5. The molecular formula is C20H28BrN. The number of unbranched alkanes of at least 4 members (excludes halogenated alkanes) is 1. The van der Waals surface area contributed by atoms with Gasteiger partial charge in [0.05, 0.1) is 0 Å². The maximum atomic E-state index is 3.65. The number of rotatable bonds is 6. The first kappa shape index (κ1) is 16.1. The molecular weight excluding hydrogens is 334 g/mol. The fraction of sp³-hybridized carbons (Fsp3) is 0.600. The minimum Gasteiger partial charge on any atom is -0.358 e. The first-order chi connectivity index (χ1) is 10.7. The minimum atomic E-state index is 0.886. The summed E-state index contributed by atoms with van der Waals surface area (Å²) < 4.78 is 1.17. The second-order valence-corrected chi connectivity index (χ2v) is 7.95. The van der Waals surface area contributed by atoms with E-state index >= 15 is 0 Å². The van der Waals surface area contributed by atoms with Gasteiger partial charge in [-0.2, -0.15) is 0 Å². The Morgan fingerprint density at radius 3 is 2.95 bits per heavy atom. The summed E-state index contributed by atoms with van der Waals surface area (Å²) in [6.07, 6.45) is 10.8. The van der Waals surface area contributed by atoms with Crippen molar-refractivity contribution < 1.29 is 0 Å². The summed E-state index contributed by atoms with van der Waals surface area (Å²) >= 11 is 3.58. The second-order valence-electron chi connectivity index (χ2n) is 7.03. The van der Waals surface area contributed by atoms with Gasteiger partial charge < -0.3 is 4.98 Å². The Bertz CT molecular complexity index is 628. The molecule has 2 heteroatoms. The number of aromatic nitrogens is 1. The Kier molecular flexibility index (Phi) is 5.28. The van der Waals surface area contributed by atoms with Gasteiger partial charge in [-0.3, -0.25) is 0 Å². The van der Waals surface area contributed by atoms with E-state index in [1.54, 1.807) is 5.56 Å². The van der Waals surface area contributed by atoms with Crippen molar-refractivity contribution in [2.75, 3.05) is 0 Å². The molecule has 0 aliphatic heterocycles. The smallest absolute Gasteiger partial charge is 0.0470 e. The van der Waals surface area contributed by atoms with E-state index in [1.165, 1.54) is 72.4 Å². The van der Waals surface area contributed by atoms with Crippen molar-refractivity contribution >= 4 is 26.8 Å². The highest BCUT2D eigenvalue weighted by atomic mass is 79.9. The van der Waals surface area contributed by atoms with Crippen LogP contribution in [0.1, 0.15) is 63.6 Å². The first-order valence-electron chi connectivity index (χ1n) is 9.00. The van der Waals surface area contributed by atoms with Crippen molar-refractivity contribution in [3.8, 4) is 0 Å². The van der Waals surface area contributed by atoms with Crippen LogP contribution < -0.4 is 0 Å². The van der Waals surface area contributed by atoms with Crippen LogP contribution in [0.2, 0.25) is 0 Å². The maximum Gasteiger partial charge on any atom is 0.0470 e. The number of benzene rings is 1. The SMILES string of the molecule is CCCCC(CC)CC1CCc2[nH]c3cc(Br)ccc3c2C1. The summed E-state index contributed by atoms with van der Waals surface area (Å²) in [6, 6.07) is 6.68. The highest BCUT2D eigenvalue weighted by molar-refractivity contribution is 9.10. The molecule has 1 nitrogen and oxygen atoms in total. The number of aromatic amines is 1. The fourth-order valence-corrected chi connectivity index (χ4v) is 4.48. The lowest BCUT2D eigenvalue weighted by molar-refractivity contribution is 0.313. The van der Waals surface area contributed by atoms with Crippen LogP contribution in [0, 0.1) is 11.8 Å². The van der Waals surface area contributed by atoms with Gasteiger partial charge in [0.15, 0.2) is 0 Å². The van der Waals surface area contributed by atoms with E-state index in [0.717, 1.165) is 11.8 Å². The van der Waals surface area contributed by atoms with Gasteiger partial charge in [0.25, 0.3) is 0 Å². The molecule has 0 radical (unpaired) electrons. The van der Waals surface area contributed by atoms with Gasteiger partial charge in [-0.1, -0.05) is 61.5 Å². The van der Waals surface area contributed by atoms with Gasteiger partial charge in [0.2, 0.25) is 0 Å². The number of fused-ring (bicyclic) bond motifs is 3. The third-order valence-electron chi connectivity index (χ3n) is 5.46. The molecule has 1 heterocycles. The quantitative estimate of drug-likeness (QED) is 0.593. The molecule has 0 saturated carbocycles. The molecule has 120 valence electrons. The van der Waals surface area contributed by atoms with Crippen LogP contribution in [0.4, 0.5) is 0 Å². The monoisotopic (exact) mass is 361 g/mol. The fourth-order valence-electron chi connectivity index (χ4n) is 4.12. The predicted octanol–water partition coefficient (Wildman–Crippen LogP) is 6.64. The minimum absolute atomic E-state index is 0.886. The Labute approximate surface area is 143 Å². The van der Waals surface area contributed by atoms with E-state index in [0.29, 0.717) is 0 Å². The van der Waals surface area contributed by atoms with Gasteiger partial charge in [0, 0.05) is 21.1 Å². The molecule has 1 aliphatic carbocycles. The second kappa shape index (κ2) is 7.21. The maximum absolute atomic E-state index is 3.65. The average Bonchev–Trinajstić information content (AvgIpc) is 2.88. The van der Waals surface area contributed by atoms with Crippen LogP contribution in [0.15, 0.2) is 22.7 Å². The van der Waals surface area contributed by atoms with Gasteiger partial charge >= 0.3 is 0 Å². The van der Waals surface area contributed by atoms with Crippen molar-refractivity contribution in [3.63, 3.8) is 0 Å². The third-order valence-corrected chi connectivity index (χ3v) is 5.96. The zero-order chi connectivity index (χ0) is 15.5. The summed E-state index contributed by atoms with van der Waals surface area (Å²) in [7, 11) is 0. The van der Waals surface area contributed by atoms with E-state index in [1.807, 2.05) is 0 Å². The van der Waals surface area contributed by atoms with E-state index < -0.39 is 0 Å². The number of hydrogen-bond acceptors (Lipinski definition) is 0. The van der Waals surface area contributed by atoms with Crippen LogP contribution in [0.3, 0.4) is 0 Å². The molecule has 22 heavy (non-hydrogen) atoms. The molecule has 0 saturated heterocycles. The molecule has 2 unspecified atom stereocenters. The van der Waals surface area contributed by atoms with Crippen molar-refractivity contribution in [2.45, 2.75) is 65.2 Å². The molecule has 0 amide bonds. The first-order valence-corrected chi connectivity index (χ1v) is 9.79. The van der Waals surface area contributed by atoms with Crippen molar-refractivity contribution in [1.29, 1.82) is 0 Å². The Hall–Kier alpha value is -0.760. The van der Waals surface area contributed by atoms with Gasteiger partial charge in [0.1, 0.15) is 0 Å². The van der Waals surface area contributed by atoms with Crippen LogP contribution in [-0.2, 0) is 12.8 Å². The van der Waals surface area contributed by atoms with Gasteiger partial charge in [-0.15, -0.1) is 0 Å². The Morgan fingerprint density at radius 1 is 1.32 bits per heavy atom. The predicted molar refractivity (Wildman–Crippen MR) is 99.4 cm³/mol. The van der Waals surface area contributed by atoms with Crippen molar-refractivity contribution in [2.24, 2.45) is 11.8 Å². The summed E-state index contributed by atoms with van der Waals surface area (Å²) in [5.41, 5.74) is 4.40. The highest BCUT2D eigenvalue weighted by Gasteiger charge is 2.24. The lowest BCUT2D eigenvalue weighted by Crippen LogP contribution is -2.17. The van der Waals surface area contributed by atoms with Crippen LogP contribution in [0.5, 0.6) is 0 Å². The molecule has 1 aromatic heterocycles. The lowest BCUT2D eigenvalue weighted by atomic mass is 9.79. The van der Waals surface area contributed by atoms with Crippen LogP contribution in [-0.4, -0.2) is 4.98 Å². The largest absolute Gasteiger partial charge is 0.358 e. The summed E-state index contributed by atoms with van der Waals surface area (Å²) in [6.45, 7) is 4.68. The van der Waals surface area contributed by atoms with E-state index in [4.69, 9.17) is 0 Å². The number of hydrogen-bond donors (Lipinski definition) is 1. The lowest BCUT2D eigenvalue weighted by Gasteiger charge is -2.26. The Balaban J connectivity index is 1.74. The summed E-state index contributed by atoms with van der Waals surface area (Å²) in [5.74, 6) is 1.82. The number of nitrogens with one attached hydrogen (secondary N) is 1. The molecule has 3 rings (SSSR count). The Morgan fingerprint density at radius 2 is 2.18 bits per heavy atom. The third kappa shape index (κ3) is 3.42. The van der Waals surface area contributed by atoms with Gasteiger partial charge in [-0.25, -0.2) is 0 Å². The molecule has 0 spiro atoms. The molecule has 1 aliphatic rings. The standard InChI is InChI=1S/C20H28BrN/c1-3-5-6-14(4-2)11-15-7-10-19-18(12-15)17-9-8-16(21)13-20(17)22-19/h8-9,13-15,22H,3-7,10-12H2,1-2H3. The normalized spacial score (nSPS) is 19.3. The molecule has 1 aromatic carbocycles. The van der Waals surface area contributed by atoms with Crippen molar-refractivity contribution in [3.05, 3.63) is 33.9 Å².